The molecule has 0 aliphatic rings. The fourth-order valence-corrected chi connectivity index (χ4v) is 2.16. The summed E-state index contributed by atoms with van der Waals surface area (Å²) in [7, 11) is 1.65. The molecule has 2 N–H and O–H groups in total. The second-order valence-electron chi connectivity index (χ2n) is 5.01. The molecule has 21 heavy (non-hydrogen) atoms. The van der Waals surface area contributed by atoms with Gasteiger partial charge in [-0.05, 0) is 41.8 Å². The van der Waals surface area contributed by atoms with Gasteiger partial charge in [-0.15, -0.1) is 0 Å². The molecule has 0 fully saturated rings. The van der Waals surface area contributed by atoms with E-state index >= 15 is 0 Å². The minimum atomic E-state index is -0.729. The normalized spacial score (nSPS) is 12.2. The Morgan fingerprint density at radius 1 is 1.24 bits per heavy atom. The van der Waals surface area contributed by atoms with Gasteiger partial charge in [0.05, 0.1) is 13.2 Å². The van der Waals surface area contributed by atoms with Crippen LogP contribution in [0.3, 0.4) is 0 Å². The average molecular weight is 289 g/mol. The molecule has 0 bridgehead atoms. The quantitative estimate of drug-likeness (QED) is 0.859. The van der Waals surface area contributed by atoms with Gasteiger partial charge < -0.3 is 15.2 Å². The molecular formula is C17H20FNO2. The highest BCUT2D eigenvalue weighted by molar-refractivity contribution is 5.36. The Kier molecular flexibility index (Phi) is 5.31. The van der Waals surface area contributed by atoms with Gasteiger partial charge in [-0.25, -0.2) is 4.39 Å². The summed E-state index contributed by atoms with van der Waals surface area (Å²) in [4.78, 5) is 0. The third kappa shape index (κ3) is 4.28. The lowest BCUT2D eigenvalue weighted by atomic mass is 10.1. The van der Waals surface area contributed by atoms with Crippen LogP contribution in [0.4, 0.5) is 4.39 Å². The number of ether oxygens (including phenoxy) is 1. The van der Waals surface area contributed by atoms with E-state index in [-0.39, 0.29) is 5.82 Å². The van der Waals surface area contributed by atoms with Crippen LogP contribution in [0.5, 0.6) is 5.75 Å². The van der Waals surface area contributed by atoms with E-state index in [4.69, 9.17) is 4.74 Å². The van der Waals surface area contributed by atoms with Crippen molar-refractivity contribution in [3.05, 3.63) is 65.0 Å². The Bertz CT molecular complexity index is 601. The molecule has 2 aromatic rings. The predicted octanol–water partition coefficient (Wildman–Crippen LogP) is 2.97. The lowest BCUT2D eigenvalue weighted by molar-refractivity contribution is 0.174. The minimum Gasteiger partial charge on any atom is -0.496 e. The summed E-state index contributed by atoms with van der Waals surface area (Å²) in [6.45, 7) is 2.96. The zero-order chi connectivity index (χ0) is 15.2. The molecule has 0 saturated carbocycles. The molecule has 0 aliphatic heterocycles. The number of halogens is 1. The van der Waals surface area contributed by atoms with Crippen LogP contribution >= 0.6 is 0 Å². The van der Waals surface area contributed by atoms with E-state index in [9.17, 15) is 9.50 Å². The number of hydrogen-bond acceptors (Lipinski definition) is 3. The molecule has 4 heteroatoms. The number of hydrogen-bond donors (Lipinski definition) is 2. The van der Waals surface area contributed by atoms with Crippen molar-refractivity contribution < 1.29 is 14.2 Å². The molecule has 112 valence electrons. The lowest BCUT2D eigenvalue weighted by Crippen LogP contribution is -2.21. The molecule has 2 aromatic carbocycles. The highest BCUT2D eigenvalue weighted by atomic mass is 19.1. The topological polar surface area (TPSA) is 41.5 Å². The Morgan fingerprint density at radius 3 is 2.76 bits per heavy atom. The molecule has 0 aliphatic carbocycles. The van der Waals surface area contributed by atoms with Crippen LogP contribution in [-0.2, 0) is 6.54 Å². The average Bonchev–Trinajstić information content (AvgIpc) is 2.48. The van der Waals surface area contributed by atoms with Crippen molar-refractivity contribution in [1.82, 2.24) is 5.32 Å². The predicted molar refractivity (Wildman–Crippen MR) is 80.8 cm³/mol. The van der Waals surface area contributed by atoms with E-state index in [1.165, 1.54) is 12.1 Å². The molecular weight excluding hydrogens is 269 g/mol. The van der Waals surface area contributed by atoms with E-state index in [1.807, 2.05) is 25.1 Å². The lowest BCUT2D eigenvalue weighted by Gasteiger charge is -2.13. The largest absolute Gasteiger partial charge is 0.496 e. The highest BCUT2D eigenvalue weighted by Gasteiger charge is 2.08. The Morgan fingerprint density at radius 2 is 2.05 bits per heavy atom. The van der Waals surface area contributed by atoms with Crippen molar-refractivity contribution in [2.75, 3.05) is 13.7 Å². The molecule has 1 atom stereocenters. The molecule has 0 saturated heterocycles. The summed E-state index contributed by atoms with van der Waals surface area (Å²) in [6.07, 6.45) is -0.729. The zero-order valence-electron chi connectivity index (χ0n) is 12.3. The summed E-state index contributed by atoms with van der Waals surface area (Å²) in [5.41, 5.74) is 2.73. The smallest absolute Gasteiger partial charge is 0.123 e. The van der Waals surface area contributed by atoms with Crippen LogP contribution in [0, 0.1) is 12.7 Å². The van der Waals surface area contributed by atoms with Gasteiger partial charge in [-0.1, -0.05) is 24.3 Å². The second kappa shape index (κ2) is 7.20. The summed E-state index contributed by atoms with van der Waals surface area (Å²) in [6, 6.07) is 12.0. The van der Waals surface area contributed by atoms with Crippen LogP contribution in [-0.4, -0.2) is 18.8 Å². The van der Waals surface area contributed by atoms with Crippen molar-refractivity contribution in [3.63, 3.8) is 0 Å². The Balaban J connectivity index is 1.89. The number of benzene rings is 2. The summed E-state index contributed by atoms with van der Waals surface area (Å²) in [5, 5.41) is 13.2. The Hall–Kier alpha value is -1.91. The van der Waals surface area contributed by atoms with Crippen LogP contribution in [0.25, 0.3) is 0 Å². The minimum absolute atomic E-state index is 0.338. The standard InChI is InChI=1S/C17H20FNO2/c1-12-6-7-13(8-17(12)21-2)10-19-11-16(20)14-4-3-5-15(18)9-14/h3-9,16,19-20H,10-11H2,1-2H3. The first-order valence-electron chi connectivity index (χ1n) is 6.88. The first kappa shape index (κ1) is 15.5. The fourth-order valence-electron chi connectivity index (χ4n) is 2.16. The highest BCUT2D eigenvalue weighted by Crippen LogP contribution is 2.19. The maximum Gasteiger partial charge on any atom is 0.123 e. The van der Waals surface area contributed by atoms with Gasteiger partial charge in [0.1, 0.15) is 11.6 Å². The van der Waals surface area contributed by atoms with E-state index in [0.29, 0.717) is 18.7 Å². The summed E-state index contributed by atoms with van der Waals surface area (Å²) >= 11 is 0. The van der Waals surface area contributed by atoms with Gasteiger partial charge in [0.25, 0.3) is 0 Å². The van der Waals surface area contributed by atoms with Crippen LogP contribution in [0.15, 0.2) is 42.5 Å². The van der Waals surface area contributed by atoms with Gasteiger partial charge in [0, 0.05) is 13.1 Å². The summed E-state index contributed by atoms with van der Waals surface area (Å²) in [5.74, 6) is 0.509. The number of aliphatic hydroxyl groups is 1. The van der Waals surface area contributed by atoms with E-state index < -0.39 is 6.10 Å². The number of methoxy groups -OCH3 is 1. The number of rotatable bonds is 6. The first-order chi connectivity index (χ1) is 10.1. The van der Waals surface area contributed by atoms with E-state index in [0.717, 1.165) is 16.9 Å². The third-order valence-electron chi connectivity index (χ3n) is 3.37. The van der Waals surface area contributed by atoms with Crippen LogP contribution in [0.1, 0.15) is 22.8 Å². The number of nitrogens with one attached hydrogen (secondary N) is 1. The molecule has 1 unspecified atom stereocenters. The fraction of sp³-hybridized carbons (Fsp3) is 0.294. The number of aliphatic hydroxyl groups excluding tert-OH is 1. The van der Waals surface area contributed by atoms with Crippen molar-refractivity contribution in [2.24, 2.45) is 0 Å². The molecule has 0 heterocycles. The Labute approximate surface area is 124 Å². The van der Waals surface area contributed by atoms with Crippen molar-refractivity contribution in [3.8, 4) is 5.75 Å². The molecule has 0 radical (unpaired) electrons. The molecule has 0 amide bonds. The molecule has 3 nitrogen and oxygen atoms in total. The number of aryl methyl sites for hydroxylation is 1. The van der Waals surface area contributed by atoms with Crippen LogP contribution < -0.4 is 10.1 Å². The van der Waals surface area contributed by atoms with Crippen LogP contribution in [0.2, 0.25) is 0 Å². The molecule has 2 rings (SSSR count). The first-order valence-corrected chi connectivity index (χ1v) is 6.88. The van der Waals surface area contributed by atoms with Gasteiger partial charge in [-0.2, -0.15) is 0 Å². The van der Waals surface area contributed by atoms with E-state index in [2.05, 4.69) is 5.32 Å². The molecule has 0 spiro atoms. The van der Waals surface area contributed by atoms with Crippen molar-refractivity contribution in [1.29, 1.82) is 0 Å². The zero-order valence-corrected chi connectivity index (χ0v) is 12.3. The maximum absolute atomic E-state index is 13.1. The third-order valence-corrected chi connectivity index (χ3v) is 3.37. The van der Waals surface area contributed by atoms with Gasteiger partial charge >= 0.3 is 0 Å². The van der Waals surface area contributed by atoms with Gasteiger partial charge in [0.15, 0.2) is 0 Å². The SMILES string of the molecule is COc1cc(CNCC(O)c2cccc(F)c2)ccc1C. The second-order valence-corrected chi connectivity index (χ2v) is 5.01. The van der Waals surface area contributed by atoms with Crippen molar-refractivity contribution in [2.45, 2.75) is 19.6 Å². The van der Waals surface area contributed by atoms with Gasteiger partial charge in [-0.3, -0.25) is 0 Å². The van der Waals surface area contributed by atoms with E-state index in [1.54, 1.807) is 19.2 Å². The monoisotopic (exact) mass is 289 g/mol. The molecule has 0 aromatic heterocycles. The maximum atomic E-state index is 13.1. The van der Waals surface area contributed by atoms with Gasteiger partial charge in [0.2, 0.25) is 0 Å². The van der Waals surface area contributed by atoms with Crippen molar-refractivity contribution >= 4 is 0 Å². The summed E-state index contributed by atoms with van der Waals surface area (Å²) < 4.78 is 18.4.